The molecule has 0 aliphatic heterocycles. The summed E-state index contributed by atoms with van der Waals surface area (Å²) in [5, 5.41) is 11.2. The second-order valence-electron chi connectivity index (χ2n) is 4.71. The van der Waals surface area contributed by atoms with Crippen LogP contribution in [0.5, 0.6) is 0 Å². The van der Waals surface area contributed by atoms with Crippen LogP contribution in [0.4, 0.5) is 4.79 Å². The summed E-state index contributed by atoms with van der Waals surface area (Å²) in [6.07, 6.45) is 3.28. The maximum Gasteiger partial charge on any atom is 0.407 e. The molecule has 1 heterocycles. The maximum atomic E-state index is 11.3. The first-order valence-corrected chi connectivity index (χ1v) is 5.58. The van der Waals surface area contributed by atoms with Gasteiger partial charge in [-0.25, -0.2) is 14.8 Å². The van der Waals surface area contributed by atoms with Gasteiger partial charge in [-0.05, 0) is 32.8 Å². The Labute approximate surface area is 106 Å². The van der Waals surface area contributed by atoms with Gasteiger partial charge in [-0.2, -0.15) is 5.26 Å². The van der Waals surface area contributed by atoms with Crippen molar-refractivity contribution in [3.63, 3.8) is 0 Å². The third-order valence-corrected chi connectivity index (χ3v) is 1.89. The van der Waals surface area contributed by atoms with Crippen LogP contribution in [0, 0.1) is 11.3 Å². The quantitative estimate of drug-likeness (QED) is 0.873. The SMILES string of the molecule is CC(C)(C)OC(=O)NCCc1cnc(C#N)nc1. The number of alkyl carbamates (subject to hydrolysis) is 1. The number of nitriles is 1. The number of carbonyl (C=O) groups is 1. The summed E-state index contributed by atoms with van der Waals surface area (Å²) in [5.74, 6) is 0.138. The second kappa shape index (κ2) is 5.96. The Morgan fingerprint density at radius 1 is 1.44 bits per heavy atom. The number of nitrogens with zero attached hydrogens (tertiary/aromatic N) is 3. The average Bonchev–Trinajstić information content (AvgIpc) is 2.27. The predicted octanol–water partition coefficient (Wildman–Crippen LogP) is 1.42. The van der Waals surface area contributed by atoms with Crippen LogP contribution >= 0.6 is 0 Å². The van der Waals surface area contributed by atoms with E-state index in [0.29, 0.717) is 13.0 Å². The van der Waals surface area contributed by atoms with Gasteiger partial charge < -0.3 is 10.1 Å². The van der Waals surface area contributed by atoms with Gasteiger partial charge in [0.1, 0.15) is 11.7 Å². The third-order valence-electron chi connectivity index (χ3n) is 1.89. The average molecular weight is 248 g/mol. The summed E-state index contributed by atoms with van der Waals surface area (Å²) >= 11 is 0. The molecule has 0 radical (unpaired) electrons. The van der Waals surface area contributed by atoms with Gasteiger partial charge in [-0.3, -0.25) is 0 Å². The summed E-state index contributed by atoms with van der Waals surface area (Å²) in [5.41, 5.74) is 0.354. The zero-order chi connectivity index (χ0) is 13.6. The minimum Gasteiger partial charge on any atom is -0.444 e. The molecule has 0 atom stereocenters. The van der Waals surface area contributed by atoms with Crippen molar-refractivity contribution in [1.29, 1.82) is 5.26 Å². The summed E-state index contributed by atoms with van der Waals surface area (Å²) in [4.78, 5) is 19.0. The molecule has 0 aliphatic carbocycles. The smallest absolute Gasteiger partial charge is 0.407 e. The molecule has 96 valence electrons. The Hall–Kier alpha value is -2.16. The lowest BCUT2D eigenvalue weighted by atomic mass is 10.2. The molecule has 6 heteroatoms. The molecule has 0 fully saturated rings. The van der Waals surface area contributed by atoms with Crippen molar-refractivity contribution in [2.75, 3.05) is 6.54 Å². The van der Waals surface area contributed by atoms with Gasteiger partial charge in [0.15, 0.2) is 0 Å². The number of hydrogen-bond acceptors (Lipinski definition) is 5. The van der Waals surface area contributed by atoms with Crippen molar-refractivity contribution in [3.05, 3.63) is 23.8 Å². The molecule has 0 aromatic carbocycles. The van der Waals surface area contributed by atoms with Crippen molar-refractivity contribution in [3.8, 4) is 6.07 Å². The van der Waals surface area contributed by atoms with Crippen LogP contribution in [0.1, 0.15) is 32.2 Å². The topological polar surface area (TPSA) is 87.9 Å². The third kappa shape index (κ3) is 5.25. The predicted molar refractivity (Wildman–Crippen MR) is 64.7 cm³/mol. The number of nitrogens with one attached hydrogen (secondary N) is 1. The van der Waals surface area contributed by atoms with Gasteiger partial charge in [0, 0.05) is 18.9 Å². The van der Waals surface area contributed by atoms with E-state index in [4.69, 9.17) is 10.00 Å². The molecule has 0 saturated carbocycles. The molecule has 1 rings (SSSR count). The van der Waals surface area contributed by atoms with Crippen molar-refractivity contribution in [2.45, 2.75) is 32.8 Å². The second-order valence-corrected chi connectivity index (χ2v) is 4.71. The lowest BCUT2D eigenvalue weighted by Gasteiger charge is -2.19. The number of carbonyl (C=O) groups excluding carboxylic acids is 1. The van der Waals surface area contributed by atoms with E-state index in [1.807, 2.05) is 6.07 Å². The highest BCUT2D eigenvalue weighted by Gasteiger charge is 2.15. The maximum absolute atomic E-state index is 11.3. The van der Waals surface area contributed by atoms with Gasteiger partial charge in [-0.1, -0.05) is 0 Å². The summed E-state index contributed by atoms with van der Waals surface area (Å²) < 4.78 is 5.09. The monoisotopic (exact) mass is 248 g/mol. The number of amides is 1. The number of hydrogen-bond donors (Lipinski definition) is 1. The minimum absolute atomic E-state index is 0.138. The van der Waals surface area contributed by atoms with Crippen molar-refractivity contribution in [1.82, 2.24) is 15.3 Å². The van der Waals surface area contributed by atoms with Crippen LogP contribution in [0.2, 0.25) is 0 Å². The zero-order valence-corrected chi connectivity index (χ0v) is 10.7. The molecule has 1 aromatic heterocycles. The summed E-state index contributed by atoms with van der Waals surface area (Å²) in [6, 6.07) is 1.84. The molecule has 1 N–H and O–H groups in total. The fourth-order valence-corrected chi connectivity index (χ4v) is 1.16. The zero-order valence-electron chi connectivity index (χ0n) is 10.7. The van der Waals surface area contributed by atoms with E-state index in [0.717, 1.165) is 5.56 Å². The number of ether oxygens (including phenoxy) is 1. The van der Waals surface area contributed by atoms with E-state index in [2.05, 4.69) is 15.3 Å². The molecule has 6 nitrogen and oxygen atoms in total. The van der Waals surface area contributed by atoms with Crippen LogP contribution in [-0.2, 0) is 11.2 Å². The number of aromatic nitrogens is 2. The van der Waals surface area contributed by atoms with E-state index >= 15 is 0 Å². The molecule has 1 aromatic rings. The molecule has 0 bridgehead atoms. The van der Waals surface area contributed by atoms with E-state index in [1.165, 1.54) is 0 Å². The van der Waals surface area contributed by atoms with E-state index < -0.39 is 11.7 Å². The van der Waals surface area contributed by atoms with Crippen molar-refractivity contribution < 1.29 is 9.53 Å². The lowest BCUT2D eigenvalue weighted by molar-refractivity contribution is 0.0528. The molecule has 0 saturated heterocycles. The summed E-state index contributed by atoms with van der Waals surface area (Å²) in [6.45, 7) is 5.85. The molecule has 0 unspecified atom stereocenters. The highest BCUT2D eigenvalue weighted by molar-refractivity contribution is 5.67. The molecule has 0 aliphatic rings. The molecule has 18 heavy (non-hydrogen) atoms. The molecular formula is C12H16N4O2. The fraction of sp³-hybridized carbons (Fsp3) is 0.500. The normalized spacial score (nSPS) is 10.6. The molecule has 1 amide bonds. The first-order valence-electron chi connectivity index (χ1n) is 5.58. The van der Waals surface area contributed by atoms with Gasteiger partial charge in [-0.15, -0.1) is 0 Å². The van der Waals surface area contributed by atoms with Crippen LogP contribution in [0.25, 0.3) is 0 Å². The van der Waals surface area contributed by atoms with E-state index in [9.17, 15) is 4.79 Å². The molecular weight excluding hydrogens is 232 g/mol. The van der Waals surface area contributed by atoms with E-state index in [-0.39, 0.29) is 5.82 Å². The van der Waals surface area contributed by atoms with Crippen molar-refractivity contribution >= 4 is 6.09 Å². The Morgan fingerprint density at radius 2 is 2.06 bits per heavy atom. The lowest BCUT2D eigenvalue weighted by Crippen LogP contribution is -2.33. The van der Waals surface area contributed by atoms with Gasteiger partial charge in [0.2, 0.25) is 5.82 Å². The number of rotatable bonds is 3. The Morgan fingerprint density at radius 3 is 2.56 bits per heavy atom. The van der Waals surface area contributed by atoms with Crippen molar-refractivity contribution in [2.24, 2.45) is 0 Å². The highest BCUT2D eigenvalue weighted by Crippen LogP contribution is 2.06. The van der Waals surface area contributed by atoms with Crippen LogP contribution in [-0.4, -0.2) is 28.2 Å². The first-order chi connectivity index (χ1) is 8.40. The first kappa shape index (κ1) is 13.9. The highest BCUT2D eigenvalue weighted by atomic mass is 16.6. The van der Waals surface area contributed by atoms with E-state index in [1.54, 1.807) is 33.2 Å². The van der Waals surface area contributed by atoms with Crippen LogP contribution in [0.3, 0.4) is 0 Å². The standard InChI is InChI=1S/C12H16N4O2/c1-12(2,3)18-11(17)14-5-4-9-7-15-10(6-13)16-8-9/h7-8H,4-5H2,1-3H3,(H,14,17). The Bertz CT molecular complexity index is 443. The van der Waals surface area contributed by atoms with Gasteiger partial charge in [0.25, 0.3) is 0 Å². The largest absolute Gasteiger partial charge is 0.444 e. The van der Waals surface area contributed by atoms with Gasteiger partial charge in [0.05, 0.1) is 0 Å². The van der Waals surface area contributed by atoms with Crippen LogP contribution < -0.4 is 5.32 Å². The molecule has 0 spiro atoms. The van der Waals surface area contributed by atoms with Gasteiger partial charge >= 0.3 is 6.09 Å². The Balaban J connectivity index is 2.33. The Kier molecular flexibility index (Phi) is 4.60. The van der Waals surface area contributed by atoms with Crippen LogP contribution in [0.15, 0.2) is 12.4 Å². The minimum atomic E-state index is -0.498. The summed E-state index contributed by atoms with van der Waals surface area (Å²) in [7, 11) is 0. The fourth-order valence-electron chi connectivity index (χ4n) is 1.16.